The minimum atomic E-state index is -0.0899. The van der Waals surface area contributed by atoms with Crippen LogP contribution in [-0.2, 0) is 6.54 Å². The third-order valence-electron chi connectivity index (χ3n) is 4.59. The van der Waals surface area contributed by atoms with Crippen LogP contribution in [0.2, 0.25) is 0 Å². The lowest BCUT2D eigenvalue weighted by molar-refractivity contribution is 0.102. The molecular formula is C20H27N3OS. The van der Waals surface area contributed by atoms with Crippen LogP contribution in [-0.4, -0.2) is 28.9 Å². The third kappa shape index (κ3) is 4.89. The fourth-order valence-electron chi connectivity index (χ4n) is 3.86. The first-order valence-corrected chi connectivity index (χ1v) is 9.83. The monoisotopic (exact) mass is 357 g/mol. The number of piperidine rings is 1. The zero-order valence-electron chi connectivity index (χ0n) is 15.5. The van der Waals surface area contributed by atoms with Gasteiger partial charge in [0.25, 0.3) is 5.91 Å². The Morgan fingerprint density at radius 1 is 1.20 bits per heavy atom. The van der Waals surface area contributed by atoms with Crippen LogP contribution in [0.15, 0.2) is 23.6 Å². The minimum absolute atomic E-state index is 0.0899. The standard InChI is InChI=1S/C20H27N3OS/c1-13-5-14(2)8-17(7-13)19(24)22-20-21-18(12-25-20)11-23-9-15(3)6-16(4)10-23/h5,7-8,12,15-16H,6,9-11H2,1-4H3,(H,21,22,24). The third-order valence-corrected chi connectivity index (χ3v) is 5.39. The highest BCUT2D eigenvalue weighted by Gasteiger charge is 2.22. The van der Waals surface area contributed by atoms with Gasteiger partial charge in [0.15, 0.2) is 5.13 Å². The molecule has 1 amide bonds. The molecule has 0 radical (unpaired) electrons. The number of aryl methyl sites for hydroxylation is 2. The van der Waals surface area contributed by atoms with Crippen LogP contribution in [0.4, 0.5) is 5.13 Å². The summed E-state index contributed by atoms with van der Waals surface area (Å²) >= 11 is 1.50. The molecule has 1 N–H and O–H groups in total. The van der Waals surface area contributed by atoms with Crippen LogP contribution in [0.5, 0.6) is 0 Å². The van der Waals surface area contributed by atoms with Gasteiger partial charge >= 0.3 is 0 Å². The summed E-state index contributed by atoms with van der Waals surface area (Å²) in [5.41, 5.74) is 3.92. The molecule has 1 saturated heterocycles. The molecule has 1 aromatic heterocycles. The van der Waals surface area contributed by atoms with Gasteiger partial charge in [0.05, 0.1) is 5.69 Å². The summed E-state index contributed by atoms with van der Waals surface area (Å²) in [6.07, 6.45) is 1.31. The summed E-state index contributed by atoms with van der Waals surface area (Å²) in [7, 11) is 0. The number of benzene rings is 1. The lowest BCUT2D eigenvalue weighted by atomic mass is 9.92. The van der Waals surface area contributed by atoms with Crippen molar-refractivity contribution in [1.82, 2.24) is 9.88 Å². The highest BCUT2D eigenvalue weighted by atomic mass is 32.1. The van der Waals surface area contributed by atoms with E-state index < -0.39 is 0 Å². The molecule has 25 heavy (non-hydrogen) atoms. The molecule has 2 unspecified atom stereocenters. The van der Waals surface area contributed by atoms with Crippen LogP contribution in [0.1, 0.15) is 47.4 Å². The average Bonchev–Trinajstić information content (AvgIpc) is 2.92. The van der Waals surface area contributed by atoms with Gasteiger partial charge < -0.3 is 0 Å². The van der Waals surface area contributed by atoms with Crippen LogP contribution >= 0.6 is 11.3 Å². The number of aromatic nitrogens is 1. The predicted octanol–water partition coefficient (Wildman–Crippen LogP) is 4.49. The van der Waals surface area contributed by atoms with E-state index in [1.165, 1.54) is 17.8 Å². The van der Waals surface area contributed by atoms with Crippen molar-refractivity contribution in [3.8, 4) is 0 Å². The number of nitrogens with one attached hydrogen (secondary N) is 1. The summed E-state index contributed by atoms with van der Waals surface area (Å²) in [5, 5.41) is 5.67. The van der Waals surface area contributed by atoms with Gasteiger partial charge in [0.1, 0.15) is 0 Å². The normalized spacial score (nSPS) is 21.3. The van der Waals surface area contributed by atoms with E-state index in [1.807, 2.05) is 26.0 Å². The Morgan fingerprint density at radius 2 is 1.84 bits per heavy atom. The highest BCUT2D eigenvalue weighted by molar-refractivity contribution is 7.13. The SMILES string of the molecule is Cc1cc(C)cc(C(=O)Nc2nc(CN3CC(C)CC(C)C3)cs2)c1. The maximum Gasteiger partial charge on any atom is 0.257 e. The molecule has 4 nitrogen and oxygen atoms in total. The fourth-order valence-corrected chi connectivity index (χ4v) is 4.56. The number of anilines is 1. The Morgan fingerprint density at radius 3 is 2.48 bits per heavy atom. The second-order valence-corrected chi connectivity index (χ2v) is 8.47. The Kier molecular flexibility index (Phi) is 5.54. The summed E-state index contributed by atoms with van der Waals surface area (Å²) < 4.78 is 0. The predicted molar refractivity (Wildman–Crippen MR) is 104 cm³/mol. The molecule has 1 aliphatic rings. The Balaban J connectivity index is 1.62. The molecule has 0 saturated carbocycles. The molecule has 5 heteroatoms. The summed E-state index contributed by atoms with van der Waals surface area (Å²) in [6.45, 7) is 11.8. The molecule has 2 aromatic rings. The lowest BCUT2D eigenvalue weighted by Crippen LogP contribution is -2.38. The maximum atomic E-state index is 12.4. The number of hydrogen-bond acceptors (Lipinski definition) is 4. The summed E-state index contributed by atoms with van der Waals surface area (Å²) in [4.78, 5) is 19.5. The number of thiazole rings is 1. The van der Waals surface area contributed by atoms with Crippen molar-refractivity contribution in [2.45, 2.75) is 40.7 Å². The first kappa shape index (κ1) is 18.1. The molecule has 134 valence electrons. The summed E-state index contributed by atoms with van der Waals surface area (Å²) in [5.74, 6) is 1.39. The number of likely N-dealkylation sites (tertiary alicyclic amines) is 1. The van der Waals surface area contributed by atoms with Gasteiger partial charge in [-0.3, -0.25) is 15.0 Å². The molecular weight excluding hydrogens is 330 g/mol. The van der Waals surface area contributed by atoms with Gasteiger partial charge in [0, 0.05) is 30.6 Å². The van der Waals surface area contributed by atoms with E-state index in [0.717, 1.165) is 48.3 Å². The first-order chi connectivity index (χ1) is 11.9. The van der Waals surface area contributed by atoms with E-state index in [0.29, 0.717) is 10.7 Å². The van der Waals surface area contributed by atoms with E-state index in [4.69, 9.17) is 0 Å². The molecule has 0 spiro atoms. The van der Waals surface area contributed by atoms with E-state index in [1.54, 1.807) is 0 Å². The van der Waals surface area contributed by atoms with Crippen LogP contribution in [0, 0.1) is 25.7 Å². The summed E-state index contributed by atoms with van der Waals surface area (Å²) in [6, 6.07) is 5.89. The number of carbonyl (C=O) groups excluding carboxylic acids is 1. The van der Waals surface area contributed by atoms with Crippen molar-refractivity contribution >= 4 is 22.4 Å². The van der Waals surface area contributed by atoms with Gasteiger partial charge in [-0.25, -0.2) is 4.98 Å². The van der Waals surface area contributed by atoms with Gasteiger partial charge in [-0.05, 0) is 44.2 Å². The molecule has 0 bridgehead atoms. The highest BCUT2D eigenvalue weighted by Crippen LogP contribution is 2.24. The van der Waals surface area contributed by atoms with Gasteiger partial charge in [-0.2, -0.15) is 0 Å². The van der Waals surface area contributed by atoms with Crippen molar-refractivity contribution in [3.63, 3.8) is 0 Å². The van der Waals surface area contributed by atoms with Crippen molar-refractivity contribution in [3.05, 3.63) is 46.0 Å². The van der Waals surface area contributed by atoms with E-state index >= 15 is 0 Å². The second-order valence-electron chi connectivity index (χ2n) is 7.61. The Labute approximate surface area is 154 Å². The zero-order chi connectivity index (χ0) is 18.0. The molecule has 1 aliphatic heterocycles. The van der Waals surface area contributed by atoms with Gasteiger partial charge in [-0.1, -0.05) is 31.0 Å². The van der Waals surface area contributed by atoms with Crippen LogP contribution < -0.4 is 5.32 Å². The van der Waals surface area contributed by atoms with Crippen molar-refractivity contribution < 1.29 is 4.79 Å². The van der Waals surface area contributed by atoms with Crippen LogP contribution in [0.25, 0.3) is 0 Å². The largest absolute Gasteiger partial charge is 0.298 e. The topological polar surface area (TPSA) is 45.2 Å². The van der Waals surface area contributed by atoms with Gasteiger partial charge in [0.2, 0.25) is 0 Å². The van der Waals surface area contributed by atoms with E-state index in [2.05, 4.69) is 40.5 Å². The second kappa shape index (κ2) is 7.67. The number of amides is 1. The molecule has 1 aromatic carbocycles. The minimum Gasteiger partial charge on any atom is -0.298 e. The number of carbonyl (C=O) groups is 1. The smallest absolute Gasteiger partial charge is 0.257 e. The quantitative estimate of drug-likeness (QED) is 0.877. The van der Waals surface area contributed by atoms with Crippen molar-refractivity contribution in [1.29, 1.82) is 0 Å². The molecule has 2 atom stereocenters. The van der Waals surface area contributed by atoms with Gasteiger partial charge in [-0.15, -0.1) is 11.3 Å². The maximum absolute atomic E-state index is 12.4. The van der Waals surface area contributed by atoms with E-state index in [9.17, 15) is 4.79 Å². The molecule has 1 fully saturated rings. The Hall–Kier alpha value is -1.72. The Bertz CT molecular complexity index is 725. The zero-order valence-corrected chi connectivity index (χ0v) is 16.3. The average molecular weight is 358 g/mol. The molecule has 3 rings (SSSR count). The number of nitrogens with zero attached hydrogens (tertiary/aromatic N) is 2. The number of hydrogen-bond donors (Lipinski definition) is 1. The molecule has 2 heterocycles. The number of rotatable bonds is 4. The van der Waals surface area contributed by atoms with E-state index in [-0.39, 0.29) is 5.91 Å². The fraction of sp³-hybridized carbons (Fsp3) is 0.500. The van der Waals surface area contributed by atoms with Crippen molar-refractivity contribution in [2.75, 3.05) is 18.4 Å². The lowest BCUT2D eigenvalue weighted by Gasteiger charge is -2.34. The van der Waals surface area contributed by atoms with Crippen molar-refractivity contribution in [2.24, 2.45) is 11.8 Å². The molecule has 0 aliphatic carbocycles. The van der Waals surface area contributed by atoms with Crippen LogP contribution in [0.3, 0.4) is 0 Å². The first-order valence-electron chi connectivity index (χ1n) is 8.95.